The molecule has 22 heavy (non-hydrogen) atoms. The van der Waals surface area contributed by atoms with Crippen LogP contribution in [0, 0.1) is 23.1 Å². The van der Waals surface area contributed by atoms with Crippen molar-refractivity contribution in [3.63, 3.8) is 0 Å². The quantitative estimate of drug-likeness (QED) is 0.804. The number of nitrogens with zero attached hydrogens (tertiary/aromatic N) is 1. The van der Waals surface area contributed by atoms with Gasteiger partial charge in [-0.3, -0.25) is 9.00 Å². The van der Waals surface area contributed by atoms with Crippen LogP contribution in [-0.4, -0.2) is 20.5 Å². The molecule has 2 unspecified atom stereocenters. The van der Waals surface area contributed by atoms with Gasteiger partial charge < -0.3 is 0 Å². The zero-order valence-electron chi connectivity index (χ0n) is 12.3. The largest absolute Gasteiger partial charge is 0.294 e. The van der Waals surface area contributed by atoms with Crippen molar-refractivity contribution in [3.05, 3.63) is 35.1 Å². The van der Waals surface area contributed by atoms with E-state index in [9.17, 15) is 13.4 Å². The number of carbonyl (C=O) groups excluding carboxylic acids is 1. The molecular weight excluding hydrogens is 301 g/mol. The van der Waals surface area contributed by atoms with Gasteiger partial charge in [-0.1, -0.05) is 12.5 Å². The first-order valence-electron chi connectivity index (χ1n) is 7.69. The van der Waals surface area contributed by atoms with E-state index in [0.29, 0.717) is 18.4 Å². The van der Waals surface area contributed by atoms with Crippen LogP contribution in [0.25, 0.3) is 0 Å². The van der Waals surface area contributed by atoms with Gasteiger partial charge in [-0.05, 0) is 43.4 Å². The molecule has 0 N–H and O–H groups in total. The third-order valence-electron chi connectivity index (χ3n) is 4.75. The summed E-state index contributed by atoms with van der Waals surface area (Å²) in [6, 6.07) is 6.32. The Balaban J connectivity index is 1.84. The summed E-state index contributed by atoms with van der Waals surface area (Å²) in [5.74, 6) is -0.950. The van der Waals surface area contributed by atoms with Crippen LogP contribution < -0.4 is 0 Å². The molecule has 1 aromatic carbocycles. The zero-order chi connectivity index (χ0) is 15.7. The van der Waals surface area contributed by atoms with Crippen LogP contribution in [0.4, 0.5) is 4.39 Å². The number of Topliss-reactive ketones (excluding diaryl/α,β-unsaturated/α-hetero) is 1. The second kappa shape index (κ2) is 6.29. The Morgan fingerprint density at radius 3 is 2.64 bits per heavy atom. The number of fused-ring (bicyclic) bond motifs is 2. The molecule has 0 saturated carbocycles. The Morgan fingerprint density at radius 1 is 1.32 bits per heavy atom. The molecular formula is C17H18FNO2S. The molecule has 2 aliphatic rings. The Bertz CT molecular complexity index is 651. The lowest BCUT2D eigenvalue weighted by molar-refractivity contribution is 0.0891. The fourth-order valence-electron chi connectivity index (χ4n) is 3.63. The van der Waals surface area contributed by atoms with Crippen molar-refractivity contribution >= 4 is 16.6 Å². The van der Waals surface area contributed by atoms with Gasteiger partial charge in [0.25, 0.3) is 0 Å². The van der Waals surface area contributed by atoms with Gasteiger partial charge in [0.2, 0.25) is 0 Å². The van der Waals surface area contributed by atoms with Crippen LogP contribution in [0.2, 0.25) is 0 Å². The maximum Gasteiger partial charge on any atom is 0.168 e. The van der Waals surface area contributed by atoms with Gasteiger partial charge in [-0.25, -0.2) is 4.39 Å². The first-order valence-corrected chi connectivity index (χ1v) is 8.96. The summed E-state index contributed by atoms with van der Waals surface area (Å²) in [5.41, 5.74) is 0.746. The number of benzene rings is 1. The summed E-state index contributed by atoms with van der Waals surface area (Å²) in [4.78, 5) is 12.7. The molecule has 0 spiro atoms. The van der Waals surface area contributed by atoms with E-state index in [1.807, 2.05) is 6.07 Å². The molecule has 2 bridgehead atoms. The molecule has 2 aliphatic heterocycles. The molecule has 2 saturated heterocycles. The van der Waals surface area contributed by atoms with Crippen molar-refractivity contribution in [3.8, 4) is 6.07 Å². The third-order valence-corrected chi connectivity index (χ3v) is 6.92. The minimum absolute atomic E-state index is 0.0866. The summed E-state index contributed by atoms with van der Waals surface area (Å²) >= 11 is 0. The van der Waals surface area contributed by atoms with E-state index in [4.69, 9.17) is 5.26 Å². The monoisotopic (exact) mass is 319 g/mol. The number of carbonyl (C=O) groups is 1. The maximum absolute atomic E-state index is 14.0. The second-order valence-electron chi connectivity index (χ2n) is 6.19. The van der Waals surface area contributed by atoms with Gasteiger partial charge in [0.05, 0.1) is 18.1 Å². The minimum Gasteiger partial charge on any atom is -0.294 e. The average molecular weight is 319 g/mol. The average Bonchev–Trinajstić information content (AvgIpc) is 2.48. The molecule has 1 aromatic rings. The van der Waals surface area contributed by atoms with E-state index >= 15 is 0 Å². The lowest BCUT2D eigenvalue weighted by Crippen LogP contribution is -2.41. The summed E-state index contributed by atoms with van der Waals surface area (Å²) in [6.45, 7) is 0. The summed E-state index contributed by atoms with van der Waals surface area (Å²) in [7, 11) is -0.831. The Labute approximate surface area is 132 Å². The molecule has 0 aromatic heterocycles. The van der Waals surface area contributed by atoms with Gasteiger partial charge in [-0.2, -0.15) is 5.26 Å². The maximum atomic E-state index is 14.0. The van der Waals surface area contributed by atoms with Gasteiger partial charge in [-0.15, -0.1) is 0 Å². The smallest absolute Gasteiger partial charge is 0.168 e. The number of rotatable bonds is 3. The third kappa shape index (κ3) is 2.85. The van der Waals surface area contributed by atoms with Gasteiger partial charge >= 0.3 is 0 Å². The van der Waals surface area contributed by atoms with E-state index in [2.05, 4.69) is 0 Å². The molecule has 2 atom stereocenters. The molecule has 5 heteroatoms. The highest BCUT2D eigenvalue weighted by molar-refractivity contribution is 7.86. The highest BCUT2D eigenvalue weighted by Gasteiger charge is 2.41. The number of ketones is 1. The van der Waals surface area contributed by atoms with Crippen molar-refractivity contribution in [2.75, 3.05) is 0 Å². The number of halogens is 1. The van der Waals surface area contributed by atoms with Crippen molar-refractivity contribution in [1.29, 1.82) is 5.26 Å². The fourth-order valence-corrected chi connectivity index (χ4v) is 5.82. The van der Waals surface area contributed by atoms with Crippen LogP contribution in [0.1, 0.15) is 48.0 Å². The van der Waals surface area contributed by atoms with Crippen LogP contribution in [0.15, 0.2) is 18.2 Å². The molecule has 0 amide bonds. The SMILES string of the molecule is N#CCc1ccc(F)c(C(=O)C2CC3CCCC(C2)S3=O)c1. The van der Waals surface area contributed by atoms with Crippen molar-refractivity contribution in [2.45, 2.75) is 49.0 Å². The van der Waals surface area contributed by atoms with Crippen molar-refractivity contribution in [1.82, 2.24) is 0 Å². The van der Waals surface area contributed by atoms with E-state index in [1.54, 1.807) is 6.07 Å². The van der Waals surface area contributed by atoms with E-state index < -0.39 is 16.6 Å². The highest BCUT2D eigenvalue weighted by atomic mass is 32.2. The molecule has 0 aliphatic carbocycles. The normalized spacial score (nSPS) is 30.5. The Hall–Kier alpha value is -1.54. The Kier molecular flexibility index (Phi) is 4.39. The molecule has 2 heterocycles. The fraction of sp³-hybridized carbons (Fsp3) is 0.529. The molecule has 3 rings (SSSR count). The summed E-state index contributed by atoms with van der Waals surface area (Å²) < 4.78 is 26.2. The Morgan fingerprint density at radius 2 is 2.00 bits per heavy atom. The predicted molar refractivity (Wildman–Crippen MR) is 82.3 cm³/mol. The predicted octanol–water partition coefficient (Wildman–Crippen LogP) is 3.15. The summed E-state index contributed by atoms with van der Waals surface area (Å²) in [6.07, 6.45) is 4.26. The summed E-state index contributed by atoms with van der Waals surface area (Å²) in [5, 5.41) is 8.92. The number of hydrogen-bond acceptors (Lipinski definition) is 3. The van der Waals surface area contributed by atoms with Gasteiger partial charge in [0, 0.05) is 27.2 Å². The topological polar surface area (TPSA) is 57.9 Å². The van der Waals surface area contributed by atoms with Crippen molar-refractivity contribution < 1.29 is 13.4 Å². The molecule has 2 fully saturated rings. The number of nitriles is 1. The highest BCUT2D eigenvalue weighted by Crippen LogP contribution is 2.38. The lowest BCUT2D eigenvalue weighted by Gasteiger charge is -2.37. The van der Waals surface area contributed by atoms with Crippen LogP contribution in [0.3, 0.4) is 0 Å². The standard InChI is InChI=1S/C17H18FNO2S/c18-16-5-4-11(6-7-19)8-15(16)17(20)12-9-13-2-1-3-14(10-12)22(13)21/h4-5,8,12-14H,1-3,6,9-10H2. The lowest BCUT2D eigenvalue weighted by atomic mass is 9.84. The minimum atomic E-state index is -0.831. The van der Waals surface area contributed by atoms with E-state index in [1.165, 1.54) is 12.1 Å². The van der Waals surface area contributed by atoms with Crippen LogP contribution in [0.5, 0.6) is 0 Å². The van der Waals surface area contributed by atoms with Gasteiger partial charge in [0.15, 0.2) is 5.78 Å². The van der Waals surface area contributed by atoms with Crippen molar-refractivity contribution in [2.24, 2.45) is 5.92 Å². The second-order valence-corrected chi connectivity index (χ2v) is 8.18. The van der Waals surface area contributed by atoms with Crippen LogP contribution in [-0.2, 0) is 17.2 Å². The van der Waals surface area contributed by atoms with E-state index in [0.717, 1.165) is 19.3 Å². The van der Waals surface area contributed by atoms with Crippen LogP contribution >= 0.6 is 0 Å². The molecule has 116 valence electrons. The first kappa shape index (κ1) is 15.4. The number of hydrogen-bond donors (Lipinski definition) is 0. The van der Waals surface area contributed by atoms with E-state index in [-0.39, 0.29) is 34.2 Å². The first-order chi connectivity index (χ1) is 10.6. The molecule has 3 nitrogen and oxygen atoms in total. The zero-order valence-corrected chi connectivity index (χ0v) is 13.1. The molecule has 0 radical (unpaired) electrons. The van der Waals surface area contributed by atoms with Gasteiger partial charge in [0.1, 0.15) is 5.82 Å².